The molecule has 1 fully saturated rings. The zero-order valence-corrected chi connectivity index (χ0v) is 9.84. The molecule has 92 valence electrons. The molecule has 1 unspecified atom stereocenters. The van der Waals surface area contributed by atoms with Crippen molar-refractivity contribution in [2.45, 2.75) is 25.2 Å². The summed E-state index contributed by atoms with van der Waals surface area (Å²) in [6.45, 7) is 1.54. The van der Waals surface area contributed by atoms with E-state index in [1.54, 1.807) is 0 Å². The second kappa shape index (κ2) is 5.82. The van der Waals surface area contributed by atoms with Crippen LogP contribution in [0.5, 0.6) is 0 Å². The Balaban J connectivity index is 2.05. The highest BCUT2D eigenvalue weighted by Crippen LogP contribution is 2.29. The van der Waals surface area contributed by atoms with Crippen LogP contribution in [0.25, 0.3) is 0 Å². The molecule has 2 rings (SSSR count). The first-order valence-electron chi connectivity index (χ1n) is 6.13. The van der Waals surface area contributed by atoms with Crippen LogP contribution in [-0.2, 0) is 9.53 Å². The Hall–Kier alpha value is -1.35. The van der Waals surface area contributed by atoms with E-state index in [2.05, 4.69) is 0 Å². The van der Waals surface area contributed by atoms with Gasteiger partial charge in [-0.2, -0.15) is 0 Å². The van der Waals surface area contributed by atoms with Gasteiger partial charge in [0.1, 0.15) is 0 Å². The number of carboxylic acids is 1. The van der Waals surface area contributed by atoms with Gasteiger partial charge in [-0.05, 0) is 30.7 Å². The fourth-order valence-corrected chi connectivity index (χ4v) is 2.38. The SMILES string of the molecule is O=C(O)C(CC1CCOCC1)c1ccccc1. The summed E-state index contributed by atoms with van der Waals surface area (Å²) < 4.78 is 5.30. The summed E-state index contributed by atoms with van der Waals surface area (Å²) in [5.74, 6) is -0.618. The van der Waals surface area contributed by atoms with E-state index in [-0.39, 0.29) is 5.92 Å². The Bertz CT molecular complexity index is 355. The van der Waals surface area contributed by atoms with E-state index >= 15 is 0 Å². The first kappa shape index (κ1) is 12.1. The molecule has 3 nitrogen and oxygen atoms in total. The molecule has 17 heavy (non-hydrogen) atoms. The van der Waals surface area contributed by atoms with Crippen molar-refractivity contribution < 1.29 is 14.6 Å². The van der Waals surface area contributed by atoms with Gasteiger partial charge in [-0.25, -0.2) is 0 Å². The molecule has 1 N–H and O–H groups in total. The number of aliphatic carboxylic acids is 1. The van der Waals surface area contributed by atoms with E-state index in [1.807, 2.05) is 30.3 Å². The van der Waals surface area contributed by atoms with E-state index in [1.165, 1.54) is 0 Å². The van der Waals surface area contributed by atoms with Crippen molar-refractivity contribution in [1.82, 2.24) is 0 Å². The topological polar surface area (TPSA) is 46.5 Å². The molecule has 1 aromatic carbocycles. The van der Waals surface area contributed by atoms with E-state index in [0.717, 1.165) is 38.0 Å². The smallest absolute Gasteiger partial charge is 0.310 e. The van der Waals surface area contributed by atoms with Crippen molar-refractivity contribution >= 4 is 5.97 Å². The van der Waals surface area contributed by atoms with Crippen molar-refractivity contribution in [2.24, 2.45) is 5.92 Å². The zero-order chi connectivity index (χ0) is 12.1. The highest BCUT2D eigenvalue weighted by atomic mass is 16.5. The van der Waals surface area contributed by atoms with Gasteiger partial charge in [0, 0.05) is 13.2 Å². The van der Waals surface area contributed by atoms with Gasteiger partial charge in [-0.15, -0.1) is 0 Å². The molecule has 1 aliphatic rings. The molecular weight excluding hydrogens is 216 g/mol. The Morgan fingerprint density at radius 1 is 1.29 bits per heavy atom. The minimum absolute atomic E-state index is 0.376. The van der Waals surface area contributed by atoms with Gasteiger partial charge in [0.15, 0.2) is 0 Å². The van der Waals surface area contributed by atoms with Gasteiger partial charge in [0.05, 0.1) is 5.92 Å². The number of benzene rings is 1. The number of rotatable bonds is 4. The first-order valence-corrected chi connectivity index (χ1v) is 6.13. The monoisotopic (exact) mass is 234 g/mol. The van der Waals surface area contributed by atoms with Crippen LogP contribution in [0.3, 0.4) is 0 Å². The van der Waals surface area contributed by atoms with Gasteiger partial charge in [-0.1, -0.05) is 30.3 Å². The fourth-order valence-electron chi connectivity index (χ4n) is 2.38. The predicted octanol–water partition coefficient (Wildman–Crippen LogP) is 2.67. The Labute approximate surface area is 101 Å². The van der Waals surface area contributed by atoms with Crippen LogP contribution in [0.15, 0.2) is 30.3 Å². The van der Waals surface area contributed by atoms with E-state index in [4.69, 9.17) is 4.74 Å². The van der Waals surface area contributed by atoms with Crippen LogP contribution in [0.2, 0.25) is 0 Å². The molecule has 1 saturated heterocycles. The molecule has 0 saturated carbocycles. The third kappa shape index (κ3) is 3.30. The molecule has 0 amide bonds. The summed E-state index contributed by atoms with van der Waals surface area (Å²) in [7, 11) is 0. The average molecular weight is 234 g/mol. The molecule has 1 heterocycles. The van der Waals surface area contributed by atoms with Gasteiger partial charge >= 0.3 is 5.97 Å². The zero-order valence-electron chi connectivity index (χ0n) is 9.84. The van der Waals surface area contributed by atoms with E-state index in [0.29, 0.717) is 5.92 Å². The second-order valence-electron chi connectivity index (χ2n) is 4.59. The molecule has 1 aliphatic heterocycles. The maximum atomic E-state index is 11.3. The van der Waals surface area contributed by atoms with Crippen molar-refractivity contribution in [1.29, 1.82) is 0 Å². The lowest BCUT2D eigenvalue weighted by molar-refractivity contribution is -0.139. The maximum Gasteiger partial charge on any atom is 0.310 e. The highest BCUT2D eigenvalue weighted by molar-refractivity contribution is 5.76. The van der Waals surface area contributed by atoms with Gasteiger partial charge in [0.25, 0.3) is 0 Å². The Morgan fingerprint density at radius 3 is 2.53 bits per heavy atom. The van der Waals surface area contributed by atoms with Crippen molar-refractivity contribution in [3.63, 3.8) is 0 Å². The van der Waals surface area contributed by atoms with Gasteiger partial charge in [-0.3, -0.25) is 4.79 Å². The lowest BCUT2D eigenvalue weighted by atomic mass is 9.85. The maximum absolute atomic E-state index is 11.3. The molecule has 0 aromatic heterocycles. The van der Waals surface area contributed by atoms with Crippen molar-refractivity contribution in [3.8, 4) is 0 Å². The minimum Gasteiger partial charge on any atom is -0.481 e. The molecular formula is C14H18O3. The lowest BCUT2D eigenvalue weighted by Crippen LogP contribution is -2.21. The van der Waals surface area contributed by atoms with Gasteiger partial charge < -0.3 is 9.84 Å². The number of ether oxygens (including phenoxy) is 1. The Kier molecular flexibility index (Phi) is 4.15. The molecule has 0 bridgehead atoms. The van der Waals surface area contributed by atoms with Crippen LogP contribution in [0.1, 0.15) is 30.7 Å². The van der Waals surface area contributed by atoms with Gasteiger partial charge in [0.2, 0.25) is 0 Å². The quantitative estimate of drug-likeness (QED) is 0.871. The molecule has 1 atom stereocenters. The number of carbonyl (C=O) groups is 1. The van der Waals surface area contributed by atoms with Crippen LogP contribution >= 0.6 is 0 Å². The van der Waals surface area contributed by atoms with Crippen molar-refractivity contribution in [3.05, 3.63) is 35.9 Å². The van der Waals surface area contributed by atoms with Crippen LogP contribution in [0, 0.1) is 5.92 Å². The van der Waals surface area contributed by atoms with Crippen LogP contribution in [0.4, 0.5) is 0 Å². The lowest BCUT2D eigenvalue weighted by Gasteiger charge is -2.25. The largest absolute Gasteiger partial charge is 0.481 e. The molecule has 0 radical (unpaired) electrons. The summed E-state index contributed by atoms with van der Waals surface area (Å²) in [5, 5.41) is 9.33. The summed E-state index contributed by atoms with van der Waals surface area (Å²) in [4.78, 5) is 11.3. The first-order chi connectivity index (χ1) is 8.27. The number of hydrogen-bond acceptors (Lipinski definition) is 2. The summed E-state index contributed by atoms with van der Waals surface area (Å²) in [6.07, 6.45) is 2.69. The normalized spacial score (nSPS) is 18.8. The molecule has 1 aromatic rings. The highest BCUT2D eigenvalue weighted by Gasteiger charge is 2.25. The fraction of sp³-hybridized carbons (Fsp3) is 0.500. The predicted molar refractivity (Wildman–Crippen MR) is 65.0 cm³/mol. The van der Waals surface area contributed by atoms with Crippen LogP contribution < -0.4 is 0 Å². The third-order valence-electron chi connectivity index (χ3n) is 3.41. The van der Waals surface area contributed by atoms with E-state index < -0.39 is 5.97 Å². The molecule has 3 heteroatoms. The second-order valence-corrected chi connectivity index (χ2v) is 4.59. The summed E-state index contributed by atoms with van der Waals surface area (Å²) in [5.41, 5.74) is 0.909. The standard InChI is InChI=1S/C14H18O3/c15-14(16)13(12-4-2-1-3-5-12)10-11-6-8-17-9-7-11/h1-5,11,13H,6-10H2,(H,15,16). The van der Waals surface area contributed by atoms with Crippen LogP contribution in [-0.4, -0.2) is 24.3 Å². The number of carboxylic acid groups (broad SMARTS) is 1. The summed E-state index contributed by atoms with van der Waals surface area (Å²) in [6, 6.07) is 9.51. The number of hydrogen-bond donors (Lipinski definition) is 1. The Morgan fingerprint density at radius 2 is 1.94 bits per heavy atom. The van der Waals surface area contributed by atoms with Crippen molar-refractivity contribution in [2.75, 3.05) is 13.2 Å². The van der Waals surface area contributed by atoms with E-state index in [9.17, 15) is 9.90 Å². The molecule has 0 aliphatic carbocycles. The minimum atomic E-state index is -0.720. The third-order valence-corrected chi connectivity index (χ3v) is 3.41. The molecule has 0 spiro atoms. The average Bonchev–Trinajstić information content (AvgIpc) is 2.38. The summed E-state index contributed by atoms with van der Waals surface area (Å²) >= 11 is 0.